The second kappa shape index (κ2) is 12.5. The molecule has 31 heavy (non-hydrogen) atoms. The minimum Gasteiger partial charge on any atom is -0.483 e. The first kappa shape index (κ1) is 23.4. The Morgan fingerprint density at radius 1 is 0.839 bits per heavy atom. The van der Waals surface area contributed by atoms with Crippen LogP contribution in [0.4, 0.5) is 0 Å². The van der Waals surface area contributed by atoms with Gasteiger partial charge in [-0.3, -0.25) is 0 Å². The fourth-order valence-corrected chi connectivity index (χ4v) is 4.34. The van der Waals surface area contributed by atoms with Crippen molar-refractivity contribution in [2.24, 2.45) is 0 Å². The summed E-state index contributed by atoms with van der Waals surface area (Å²) in [5.74, 6) is 1.93. The van der Waals surface area contributed by atoms with Gasteiger partial charge in [-0.05, 0) is 50.1 Å². The third kappa shape index (κ3) is 7.12. The van der Waals surface area contributed by atoms with Crippen LogP contribution in [0.5, 0.6) is 5.75 Å². The molecule has 0 bridgehead atoms. The molecule has 1 aromatic heterocycles. The number of imidazole rings is 1. The van der Waals surface area contributed by atoms with Crippen LogP contribution in [-0.2, 0) is 6.54 Å². The molecule has 3 rings (SSSR count). The maximum absolute atomic E-state index is 6.27. The van der Waals surface area contributed by atoms with Gasteiger partial charge in [-0.15, -0.1) is 0 Å². The summed E-state index contributed by atoms with van der Waals surface area (Å²) < 4.78 is 8.64. The lowest BCUT2D eigenvalue weighted by atomic mass is 10.1. The van der Waals surface area contributed by atoms with Gasteiger partial charge in [-0.2, -0.15) is 0 Å². The van der Waals surface area contributed by atoms with Gasteiger partial charge < -0.3 is 9.30 Å². The van der Waals surface area contributed by atoms with E-state index in [-0.39, 0.29) is 6.10 Å². The summed E-state index contributed by atoms with van der Waals surface area (Å²) in [5, 5.41) is 0. The number of rotatable bonds is 14. The quantitative estimate of drug-likeness (QED) is 0.245. The van der Waals surface area contributed by atoms with Crippen LogP contribution in [0.2, 0.25) is 0 Å². The van der Waals surface area contributed by atoms with Crippen molar-refractivity contribution >= 4 is 11.0 Å². The van der Waals surface area contributed by atoms with Gasteiger partial charge in [0.05, 0.1) is 11.0 Å². The number of unbranched alkanes of at least 4 members (excludes halogenated alkanes) is 9. The predicted molar refractivity (Wildman–Crippen MR) is 132 cm³/mol. The van der Waals surface area contributed by atoms with Crippen LogP contribution in [0.1, 0.15) is 95.5 Å². The zero-order chi connectivity index (χ0) is 21.9. The molecular formula is C28H40N2O. The van der Waals surface area contributed by atoms with Gasteiger partial charge in [0.2, 0.25) is 0 Å². The molecule has 3 heteroatoms. The average Bonchev–Trinajstić information content (AvgIpc) is 3.14. The highest BCUT2D eigenvalue weighted by Crippen LogP contribution is 2.26. The van der Waals surface area contributed by atoms with Crippen LogP contribution in [0.3, 0.4) is 0 Å². The monoisotopic (exact) mass is 420 g/mol. The number of fused-ring (bicyclic) bond motifs is 1. The van der Waals surface area contributed by atoms with Crippen LogP contribution < -0.4 is 4.74 Å². The van der Waals surface area contributed by atoms with E-state index in [0.29, 0.717) is 0 Å². The summed E-state index contributed by atoms with van der Waals surface area (Å²) >= 11 is 0. The van der Waals surface area contributed by atoms with Gasteiger partial charge in [0, 0.05) is 6.54 Å². The summed E-state index contributed by atoms with van der Waals surface area (Å²) in [6.45, 7) is 7.49. The molecule has 0 fully saturated rings. The van der Waals surface area contributed by atoms with Gasteiger partial charge in [0.25, 0.3) is 0 Å². The van der Waals surface area contributed by atoms with Crippen molar-refractivity contribution in [1.82, 2.24) is 9.55 Å². The van der Waals surface area contributed by atoms with Crippen molar-refractivity contribution in [3.05, 3.63) is 59.9 Å². The Morgan fingerprint density at radius 2 is 1.52 bits per heavy atom. The minimum absolute atomic E-state index is 0.0858. The lowest BCUT2D eigenvalue weighted by Crippen LogP contribution is -2.12. The molecule has 168 valence electrons. The normalized spacial score (nSPS) is 12.4. The SMILES string of the molecule is CCCCCCCCCCCCn1c(C(C)Oc2cccc(C)c2)nc2ccccc21. The maximum atomic E-state index is 6.27. The van der Waals surface area contributed by atoms with Crippen LogP contribution in [-0.4, -0.2) is 9.55 Å². The van der Waals surface area contributed by atoms with E-state index in [1.54, 1.807) is 0 Å². The summed E-state index contributed by atoms with van der Waals surface area (Å²) in [5.41, 5.74) is 3.49. The number of para-hydroxylation sites is 2. The highest BCUT2D eigenvalue weighted by molar-refractivity contribution is 5.76. The summed E-state index contributed by atoms with van der Waals surface area (Å²) in [6, 6.07) is 16.7. The van der Waals surface area contributed by atoms with Crippen LogP contribution in [0, 0.1) is 6.92 Å². The Hall–Kier alpha value is -2.29. The van der Waals surface area contributed by atoms with Crippen LogP contribution in [0.25, 0.3) is 11.0 Å². The molecule has 3 aromatic rings. The predicted octanol–water partition coefficient (Wildman–Crippen LogP) is 8.41. The Bertz CT molecular complexity index is 914. The van der Waals surface area contributed by atoms with Crippen molar-refractivity contribution < 1.29 is 4.74 Å². The standard InChI is InChI=1S/C28H40N2O/c1-4-5-6-7-8-9-10-11-12-15-21-30-27-20-14-13-19-26(27)29-28(30)24(3)31-25-18-16-17-23(2)22-25/h13-14,16-20,22,24H,4-12,15,21H2,1-3H3. The number of ether oxygens (including phenoxy) is 1. The summed E-state index contributed by atoms with van der Waals surface area (Å²) in [7, 11) is 0. The molecule has 0 aliphatic heterocycles. The number of nitrogens with zero attached hydrogens (tertiary/aromatic N) is 2. The Balaban J connectivity index is 1.54. The number of hydrogen-bond acceptors (Lipinski definition) is 2. The minimum atomic E-state index is -0.0858. The zero-order valence-electron chi connectivity index (χ0n) is 19.8. The number of aryl methyl sites for hydroxylation is 2. The van der Waals surface area contributed by atoms with E-state index in [1.807, 2.05) is 12.1 Å². The molecule has 0 aliphatic rings. The Kier molecular flexibility index (Phi) is 9.45. The van der Waals surface area contributed by atoms with Gasteiger partial charge >= 0.3 is 0 Å². The fourth-order valence-electron chi connectivity index (χ4n) is 4.34. The van der Waals surface area contributed by atoms with Crippen molar-refractivity contribution in [1.29, 1.82) is 0 Å². The molecule has 1 unspecified atom stereocenters. The van der Waals surface area contributed by atoms with Crippen molar-refractivity contribution in [3.8, 4) is 5.75 Å². The van der Waals surface area contributed by atoms with E-state index < -0.39 is 0 Å². The molecule has 0 N–H and O–H groups in total. The molecular weight excluding hydrogens is 380 g/mol. The van der Waals surface area contributed by atoms with Crippen LogP contribution in [0.15, 0.2) is 48.5 Å². The van der Waals surface area contributed by atoms with E-state index in [1.165, 1.54) is 75.3 Å². The molecule has 0 radical (unpaired) electrons. The maximum Gasteiger partial charge on any atom is 0.153 e. The van der Waals surface area contributed by atoms with Crippen molar-refractivity contribution in [2.45, 2.75) is 97.6 Å². The second-order valence-electron chi connectivity index (χ2n) is 8.87. The average molecular weight is 421 g/mol. The zero-order valence-corrected chi connectivity index (χ0v) is 19.8. The Morgan fingerprint density at radius 3 is 2.23 bits per heavy atom. The molecule has 0 saturated carbocycles. The Labute approximate surface area is 188 Å². The molecule has 2 aromatic carbocycles. The first-order valence-corrected chi connectivity index (χ1v) is 12.4. The smallest absolute Gasteiger partial charge is 0.153 e. The van der Waals surface area contributed by atoms with E-state index in [4.69, 9.17) is 9.72 Å². The summed E-state index contributed by atoms with van der Waals surface area (Å²) in [6.07, 6.45) is 13.5. The second-order valence-corrected chi connectivity index (χ2v) is 8.87. The highest BCUT2D eigenvalue weighted by Gasteiger charge is 2.18. The third-order valence-corrected chi connectivity index (χ3v) is 6.09. The van der Waals surface area contributed by atoms with Gasteiger partial charge in [-0.1, -0.05) is 89.0 Å². The van der Waals surface area contributed by atoms with Crippen LogP contribution >= 0.6 is 0 Å². The van der Waals surface area contributed by atoms with Crippen molar-refractivity contribution in [2.75, 3.05) is 0 Å². The van der Waals surface area contributed by atoms with Gasteiger partial charge in [0.15, 0.2) is 11.9 Å². The topological polar surface area (TPSA) is 27.1 Å². The molecule has 1 heterocycles. The molecule has 0 amide bonds. The molecule has 0 saturated heterocycles. The van der Waals surface area contributed by atoms with Gasteiger partial charge in [0.1, 0.15) is 5.75 Å². The van der Waals surface area contributed by atoms with Gasteiger partial charge in [-0.25, -0.2) is 4.98 Å². The van der Waals surface area contributed by atoms with E-state index in [2.05, 4.69) is 61.7 Å². The molecule has 1 atom stereocenters. The van der Waals surface area contributed by atoms with Crippen molar-refractivity contribution in [3.63, 3.8) is 0 Å². The molecule has 0 aliphatic carbocycles. The lowest BCUT2D eigenvalue weighted by Gasteiger charge is -2.17. The van der Waals surface area contributed by atoms with E-state index >= 15 is 0 Å². The molecule has 0 spiro atoms. The third-order valence-electron chi connectivity index (χ3n) is 6.09. The lowest BCUT2D eigenvalue weighted by molar-refractivity contribution is 0.211. The number of hydrogen-bond donors (Lipinski definition) is 0. The number of benzene rings is 2. The first-order chi connectivity index (χ1) is 15.2. The fraction of sp³-hybridized carbons (Fsp3) is 0.536. The largest absolute Gasteiger partial charge is 0.483 e. The van der Waals surface area contributed by atoms with E-state index in [0.717, 1.165) is 23.6 Å². The number of aromatic nitrogens is 2. The summed E-state index contributed by atoms with van der Waals surface area (Å²) in [4.78, 5) is 4.93. The first-order valence-electron chi connectivity index (χ1n) is 12.4. The molecule has 3 nitrogen and oxygen atoms in total. The van der Waals surface area contributed by atoms with E-state index in [9.17, 15) is 0 Å². The highest BCUT2D eigenvalue weighted by atomic mass is 16.5.